The first-order chi connectivity index (χ1) is 19.6. The number of aromatic hydroxyl groups is 2. The van der Waals surface area contributed by atoms with Crippen LogP contribution >= 0.6 is 0 Å². The molecule has 9 heteroatoms. The summed E-state index contributed by atoms with van der Waals surface area (Å²) in [5.41, 5.74) is -0.0962. The van der Waals surface area contributed by atoms with Crippen molar-refractivity contribution in [3.8, 4) is 11.5 Å². The van der Waals surface area contributed by atoms with Crippen LogP contribution in [0.2, 0.25) is 0 Å². The molecule has 2 atom stereocenters. The van der Waals surface area contributed by atoms with Crippen molar-refractivity contribution in [2.75, 3.05) is 6.54 Å². The van der Waals surface area contributed by atoms with Gasteiger partial charge in [0.25, 0.3) is 0 Å². The fourth-order valence-corrected chi connectivity index (χ4v) is 4.54. The Morgan fingerprint density at radius 1 is 0.833 bits per heavy atom. The summed E-state index contributed by atoms with van der Waals surface area (Å²) in [4.78, 5) is 42.8. The van der Waals surface area contributed by atoms with Crippen molar-refractivity contribution in [2.45, 2.75) is 110 Å². The number of hydrogen-bond acceptors (Lipinski definition) is 6. The molecule has 2 rings (SSSR count). The lowest BCUT2D eigenvalue weighted by molar-refractivity contribution is -0.143. The molecule has 3 amide bonds. The summed E-state index contributed by atoms with van der Waals surface area (Å²) in [5.74, 6) is -0.674. The first kappa shape index (κ1) is 34.5. The Kier molecular flexibility index (Phi) is 12.7. The van der Waals surface area contributed by atoms with E-state index in [1.807, 2.05) is 20.8 Å². The molecule has 0 radical (unpaired) electrons. The van der Waals surface area contributed by atoms with Gasteiger partial charge in [-0.05, 0) is 83.4 Å². The predicted molar refractivity (Wildman–Crippen MR) is 164 cm³/mol. The number of ether oxygens (including phenoxy) is 1. The SMILES string of the molecule is CCCCCCCN(C(=O)C(Cc1ccc(O)cc1)NC(=O)OC(C)(C)C)C(C(=O)NC(C)(C)C)c1ccc(O)cc1. The molecule has 0 aliphatic rings. The molecule has 9 nitrogen and oxygen atoms in total. The maximum absolute atomic E-state index is 14.5. The Labute approximate surface area is 250 Å². The lowest BCUT2D eigenvalue weighted by Crippen LogP contribution is -2.55. The lowest BCUT2D eigenvalue weighted by Gasteiger charge is -2.36. The molecule has 2 aromatic carbocycles. The van der Waals surface area contributed by atoms with E-state index in [1.165, 1.54) is 29.2 Å². The van der Waals surface area contributed by atoms with Crippen LogP contribution in [-0.2, 0) is 20.7 Å². The number of phenols is 2. The summed E-state index contributed by atoms with van der Waals surface area (Å²) in [6, 6.07) is 10.6. The van der Waals surface area contributed by atoms with E-state index in [1.54, 1.807) is 45.0 Å². The zero-order valence-electron chi connectivity index (χ0n) is 26.2. The normalized spacial score (nSPS) is 13.1. The zero-order valence-corrected chi connectivity index (χ0v) is 26.2. The van der Waals surface area contributed by atoms with E-state index < -0.39 is 35.2 Å². The van der Waals surface area contributed by atoms with Crippen molar-refractivity contribution >= 4 is 17.9 Å². The van der Waals surface area contributed by atoms with Gasteiger partial charge < -0.3 is 30.5 Å². The smallest absolute Gasteiger partial charge is 0.408 e. The molecule has 4 N–H and O–H groups in total. The Balaban J connectivity index is 2.56. The Morgan fingerprint density at radius 3 is 1.90 bits per heavy atom. The number of benzene rings is 2. The molecule has 0 fully saturated rings. The molecule has 0 spiro atoms. The van der Waals surface area contributed by atoms with Gasteiger partial charge in [-0.1, -0.05) is 56.9 Å². The van der Waals surface area contributed by atoms with Gasteiger partial charge in [-0.2, -0.15) is 0 Å². The van der Waals surface area contributed by atoms with E-state index in [0.717, 1.165) is 25.7 Å². The van der Waals surface area contributed by atoms with Crippen LogP contribution in [0.3, 0.4) is 0 Å². The maximum Gasteiger partial charge on any atom is 0.408 e. The third kappa shape index (κ3) is 12.0. The summed E-state index contributed by atoms with van der Waals surface area (Å²) in [6.07, 6.45) is 4.06. The summed E-state index contributed by atoms with van der Waals surface area (Å²) < 4.78 is 5.48. The second-order valence-electron chi connectivity index (χ2n) is 12.7. The van der Waals surface area contributed by atoms with E-state index in [0.29, 0.717) is 17.5 Å². The lowest BCUT2D eigenvalue weighted by atomic mass is 9.98. The molecule has 42 heavy (non-hydrogen) atoms. The van der Waals surface area contributed by atoms with Crippen LogP contribution in [0.25, 0.3) is 0 Å². The molecular weight excluding hydrogens is 534 g/mol. The minimum atomic E-state index is -1.05. The molecule has 2 unspecified atom stereocenters. The highest BCUT2D eigenvalue weighted by atomic mass is 16.6. The van der Waals surface area contributed by atoms with Crippen molar-refractivity contribution in [2.24, 2.45) is 0 Å². The first-order valence-corrected chi connectivity index (χ1v) is 14.8. The van der Waals surface area contributed by atoms with E-state index in [4.69, 9.17) is 4.74 Å². The number of amides is 3. The molecule has 0 heterocycles. The Bertz CT molecular complexity index is 1150. The van der Waals surface area contributed by atoms with Gasteiger partial charge in [-0.3, -0.25) is 9.59 Å². The topological polar surface area (TPSA) is 128 Å². The number of hydrogen-bond donors (Lipinski definition) is 4. The number of unbranched alkanes of at least 4 members (excludes halogenated alkanes) is 4. The van der Waals surface area contributed by atoms with Gasteiger partial charge in [-0.15, -0.1) is 0 Å². The van der Waals surface area contributed by atoms with Gasteiger partial charge in [0, 0.05) is 18.5 Å². The molecular formula is C33H49N3O6. The van der Waals surface area contributed by atoms with Crippen LogP contribution in [0.1, 0.15) is 97.7 Å². The molecule has 0 aromatic heterocycles. The van der Waals surface area contributed by atoms with Crippen molar-refractivity contribution in [1.29, 1.82) is 0 Å². The van der Waals surface area contributed by atoms with Gasteiger partial charge in [0.15, 0.2) is 0 Å². The monoisotopic (exact) mass is 583 g/mol. The average molecular weight is 584 g/mol. The van der Waals surface area contributed by atoms with Gasteiger partial charge in [0.05, 0.1) is 0 Å². The quantitative estimate of drug-likeness (QED) is 0.215. The minimum absolute atomic E-state index is 0.0444. The molecule has 0 bridgehead atoms. The minimum Gasteiger partial charge on any atom is -0.508 e. The van der Waals surface area contributed by atoms with Crippen LogP contribution in [0, 0.1) is 0 Å². The number of phenolic OH excluding ortho intramolecular Hbond substituents is 2. The van der Waals surface area contributed by atoms with Crippen LogP contribution in [0.15, 0.2) is 48.5 Å². The fourth-order valence-electron chi connectivity index (χ4n) is 4.54. The highest BCUT2D eigenvalue weighted by Gasteiger charge is 2.37. The predicted octanol–water partition coefficient (Wildman–Crippen LogP) is 5.99. The molecule has 0 saturated carbocycles. The van der Waals surface area contributed by atoms with Crippen LogP contribution in [0.4, 0.5) is 4.79 Å². The third-order valence-corrected chi connectivity index (χ3v) is 6.42. The second kappa shape index (κ2) is 15.5. The largest absolute Gasteiger partial charge is 0.508 e. The molecule has 0 aliphatic heterocycles. The average Bonchev–Trinajstić information content (AvgIpc) is 2.87. The Morgan fingerprint density at radius 2 is 1.38 bits per heavy atom. The summed E-state index contributed by atoms with van der Waals surface area (Å²) in [5, 5.41) is 25.5. The summed E-state index contributed by atoms with van der Waals surface area (Å²) >= 11 is 0. The van der Waals surface area contributed by atoms with E-state index in [9.17, 15) is 24.6 Å². The van der Waals surface area contributed by atoms with Gasteiger partial charge in [0.2, 0.25) is 11.8 Å². The summed E-state index contributed by atoms with van der Waals surface area (Å²) in [6.45, 7) is 13.2. The number of alkyl carbamates (subject to hydrolysis) is 1. The van der Waals surface area contributed by atoms with Crippen molar-refractivity contribution in [3.05, 3.63) is 59.7 Å². The Hall–Kier alpha value is -3.75. The highest BCUT2D eigenvalue weighted by Crippen LogP contribution is 2.27. The molecule has 2 aromatic rings. The van der Waals surface area contributed by atoms with Gasteiger partial charge in [-0.25, -0.2) is 4.79 Å². The van der Waals surface area contributed by atoms with Crippen molar-refractivity contribution < 1.29 is 29.3 Å². The van der Waals surface area contributed by atoms with Crippen LogP contribution in [0.5, 0.6) is 11.5 Å². The molecule has 0 saturated heterocycles. The molecule has 232 valence electrons. The van der Waals surface area contributed by atoms with Gasteiger partial charge in [0.1, 0.15) is 29.2 Å². The van der Waals surface area contributed by atoms with Crippen molar-refractivity contribution in [3.63, 3.8) is 0 Å². The van der Waals surface area contributed by atoms with E-state index in [2.05, 4.69) is 17.6 Å². The van der Waals surface area contributed by atoms with Crippen LogP contribution < -0.4 is 10.6 Å². The number of nitrogens with one attached hydrogen (secondary N) is 2. The van der Waals surface area contributed by atoms with Crippen molar-refractivity contribution in [1.82, 2.24) is 15.5 Å². The van der Waals surface area contributed by atoms with E-state index in [-0.39, 0.29) is 30.4 Å². The highest BCUT2D eigenvalue weighted by molar-refractivity contribution is 5.92. The first-order valence-electron chi connectivity index (χ1n) is 14.8. The second-order valence-corrected chi connectivity index (χ2v) is 12.7. The zero-order chi connectivity index (χ0) is 31.5. The number of carbonyl (C=O) groups excluding carboxylic acids is 3. The summed E-state index contributed by atoms with van der Waals surface area (Å²) in [7, 11) is 0. The van der Waals surface area contributed by atoms with E-state index >= 15 is 0 Å². The number of carbonyl (C=O) groups is 3. The molecule has 0 aliphatic carbocycles. The maximum atomic E-state index is 14.5. The van der Waals surface area contributed by atoms with Crippen LogP contribution in [-0.4, -0.2) is 56.7 Å². The standard InChI is InChI=1S/C33H49N3O6/c1-8-9-10-11-12-21-36(28(29(39)35-32(2,3)4)24-15-19-26(38)20-16-24)30(40)27(34-31(41)42-33(5,6)7)22-23-13-17-25(37)18-14-23/h13-20,27-28,37-38H,8-12,21-22H2,1-7H3,(H,34,41)(H,35,39). The fraction of sp³-hybridized carbons (Fsp3) is 0.545. The number of rotatable bonds is 13. The number of nitrogens with zero attached hydrogens (tertiary/aromatic N) is 1. The third-order valence-electron chi connectivity index (χ3n) is 6.42. The van der Waals surface area contributed by atoms with Gasteiger partial charge >= 0.3 is 6.09 Å².